The predicted octanol–water partition coefficient (Wildman–Crippen LogP) is 1.71. The minimum Gasteiger partial charge on any atom is -0.334 e. The van der Waals surface area contributed by atoms with Crippen LogP contribution in [0.15, 0.2) is 29.2 Å². The van der Waals surface area contributed by atoms with E-state index in [2.05, 4.69) is 6.92 Å². The molecule has 124 valence electrons. The zero-order valence-electron chi connectivity index (χ0n) is 12.9. The van der Waals surface area contributed by atoms with E-state index in [0.717, 1.165) is 19.1 Å². The molecule has 1 amide bonds. The van der Waals surface area contributed by atoms with Crippen molar-refractivity contribution in [2.75, 3.05) is 19.3 Å². The van der Waals surface area contributed by atoms with E-state index in [9.17, 15) is 13.2 Å². The smallest absolute Gasteiger partial charge is 0.254 e. The second-order valence-electron chi connectivity index (χ2n) is 5.82. The largest absolute Gasteiger partial charge is 0.334 e. The first-order chi connectivity index (χ1) is 9.82. The highest BCUT2D eigenvalue weighted by Gasteiger charge is 2.29. The van der Waals surface area contributed by atoms with E-state index in [-0.39, 0.29) is 29.3 Å². The fourth-order valence-electron chi connectivity index (χ4n) is 2.77. The summed E-state index contributed by atoms with van der Waals surface area (Å²) in [5, 5.41) is 0. The zero-order chi connectivity index (χ0) is 15.6. The van der Waals surface area contributed by atoms with Gasteiger partial charge in [-0.2, -0.15) is 0 Å². The van der Waals surface area contributed by atoms with Gasteiger partial charge in [0.05, 0.1) is 4.90 Å². The molecule has 0 aromatic heterocycles. The van der Waals surface area contributed by atoms with E-state index in [1.54, 1.807) is 17.0 Å². The molecule has 1 saturated heterocycles. The van der Waals surface area contributed by atoms with Crippen LogP contribution < -0.4 is 5.73 Å². The first-order valence-electron chi connectivity index (χ1n) is 7.14. The molecule has 0 saturated carbocycles. The highest BCUT2D eigenvalue weighted by Crippen LogP contribution is 2.24. The third-order valence-corrected chi connectivity index (χ3v) is 5.13. The first kappa shape index (κ1) is 18.9. The van der Waals surface area contributed by atoms with E-state index in [1.807, 2.05) is 0 Å². The number of rotatable bonds is 3. The van der Waals surface area contributed by atoms with Crippen LogP contribution in [-0.4, -0.2) is 44.6 Å². The normalized spacial score (nSPS) is 22.0. The second-order valence-corrected chi connectivity index (χ2v) is 7.83. The van der Waals surface area contributed by atoms with Gasteiger partial charge in [0.2, 0.25) is 0 Å². The number of halogens is 1. The van der Waals surface area contributed by atoms with E-state index >= 15 is 0 Å². The third-order valence-electron chi connectivity index (χ3n) is 4.02. The molecule has 0 bridgehead atoms. The lowest BCUT2D eigenvalue weighted by molar-refractivity contribution is 0.0573. The van der Waals surface area contributed by atoms with Crippen molar-refractivity contribution >= 4 is 28.2 Å². The summed E-state index contributed by atoms with van der Waals surface area (Å²) < 4.78 is 23.2. The van der Waals surface area contributed by atoms with E-state index in [0.29, 0.717) is 24.6 Å². The number of carbonyl (C=O) groups excluding carboxylic acids is 1. The summed E-state index contributed by atoms with van der Waals surface area (Å²) in [7, 11) is -3.31. The number of amides is 1. The van der Waals surface area contributed by atoms with Crippen LogP contribution in [0, 0.1) is 5.92 Å². The molecule has 1 aliphatic heterocycles. The Hall–Kier alpha value is -1.11. The molecular formula is C15H23ClN2O3S. The molecule has 1 fully saturated rings. The molecular weight excluding hydrogens is 324 g/mol. The Labute approximate surface area is 138 Å². The number of hydrogen-bond donors (Lipinski definition) is 1. The minimum absolute atomic E-state index is 0. The molecule has 2 N–H and O–H groups in total. The molecule has 0 aliphatic carbocycles. The topological polar surface area (TPSA) is 80.5 Å². The maximum absolute atomic E-state index is 12.6. The van der Waals surface area contributed by atoms with Crippen molar-refractivity contribution in [2.24, 2.45) is 11.7 Å². The number of carbonyl (C=O) groups is 1. The van der Waals surface area contributed by atoms with Gasteiger partial charge in [0.15, 0.2) is 9.84 Å². The zero-order valence-corrected chi connectivity index (χ0v) is 14.5. The van der Waals surface area contributed by atoms with Crippen LogP contribution in [0.2, 0.25) is 0 Å². The molecule has 1 aliphatic rings. The summed E-state index contributed by atoms with van der Waals surface area (Å²) in [4.78, 5) is 14.6. The maximum atomic E-state index is 12.6. The molecule has 2 atom stereocenters. The van der Waals surface area contributed by atoms with Gasteiger partial charge in [0.25, 0.3) is 5.91 Å². The summed E-state index contributed by atoms with van der Waals surface area (Å²) in [5.74, 6) is 0.424. The highest BCUT2D eigenvalue weighted by molar-refractivity contribution is 7.90. The quantitative estimate of drug-likeness (QED) is 0.903. The van der Waals surface area contributed by atoms with Crippen LogP contribution in [-0.2, 0) is 9.84 Å². The molecule has 0 radical (unpaired) electrons. The van der Waals surface area contributed by atoms with Gasteiger partial charge in [-0.25, -0.2) is 8.42 Å². The van der Waals surface area contributed by atoms with E-state index in [4.69, 9.17) is 5.73 Å². The number of sulfone groups is 1. The summed E-state index contributed by atoms with van der Waals surface area (Å²) in [6.07, 6.45) is 2.99. The van der Waals surface area contributed by atoms with Crippen molar-refractivity contribution in [2.45, 2.75) is 30.7 Å². The van der Waals surface area contributed by atoms with Gasteiger partial charge in [-0.15, -0.1) is 12.4 Å². The number of nitrogens with two attached hydrogens (primary N) is 1. The minimum atomic E-state index is -3.31. The van der Waals surface area contributed by atoms with E-state index < -0.39 is 9.84 Å². The van der Waals surface area contributed by atoms with Gasteiger partial charge >= 0.3 is 0 Å². The van der Waals surface area contributed by atoms with Crippen LogP contribution >= 0.6 is 12.4 Å². The van der Waals surface area contributed by atoms with Crippen molar-refractivity contribution in [1.82, 2.24) is 4.90 Å². The third kappa shape index (κ3) is 4.21. The Kier molecular flexibility index (Phi) is 6.40. The number of nitrogens with zero attached hydrogens (tertiary/aromatic N) is 1. The number of piperidine rings is 1. The lowest BCUT2D eigenvalue weighted by Crippen LogP contribution is -2.49. The Morgan fingerprint density at radius 1 is 1.41 bits per heavy atom. The van der Waals surface area contributed by atoms with Crippen LogP contribution in [0.5, 0.6) is 0 Å². The molecule has 5 nitrogen and oxygen atoms in total. The predicted molar refractivity (Wildman–Crippen MR) is 89.1 cm³/mol. The van der Waals surface area contributed by atoms with E-state index in [1.165, 1.54) is 12.1 Å². The Bertz CT molecular complexity index is 633. The fourth-order valence-corrected chi connectivity index (χ4v) is 3.43. The maximum Gasteiger partial charge on any atom is 0.254 e. The summed E-state index contributed by atoms with van der Waals surface area (Å²) in [5.41, 5.74) is 6.19. The summed E-state index contributed by atoms with van der Waals surface area (Å²) in [6.45, 7) is 3.27. The van der Waals surface area contributed by atoms with Gasteiger partial charge in [-0.05, 0) is 37.0 Å². The van der Waals surface area contributed by atoms with Crippen LogP contribution in [0.3, 0.4) is 0 Å². The molecule has 22 heavy (non-hydrogen) atoms. The van der Waals surface area contributed by atoms with Gasteiger partial charge in [0, 0.05) is 31.0 Å². The lowest BCUT2D eigenvalue weighted by Gasteiger charge is -2.38. The van der Waals surface area contributed by atoms with Crippen molar-refractivity contribution in [3.8, 4) is 0 Å². The summed E-state index contributed by atoms with van der Waals surface area (Å²) >= 11 is 0. The Morgan fingerprint density at radius 2 is 2.09 bits per heavy atom. The van der Waals surface area contributed by atoms with Crippen LogP contribution in [0.25, 0.3) is 0 Å². The van der Waals surface area contributed by atoms with Gasteiger partial charge < -0.3 is 10.6 Å². The summed E-state index contributed by atoms with van der Waals surface area (Å²) in [6, 6.07) is 6.24. The van der Waals surface area contributed by atoms with Crippen molar-refractivity contribution in [3.63, 3.8) is 0 Å². The van der Waals surface area contributed by atoms with Gasteiger partial charge in [-0.3, -0.25) is 4.79 Å². The molecule has 1 aromatic rings. The average molecular weight is 347 g/mol. The second kappa shape index (κ2) is 7.44. The molecule has 1 aromatic carbocycles. The van der Waals surface area contributed by atoms with Gasteiger partial charge in [-0.1, -0.05) is 13.0 Å². The standard InChI is InChI=1S/C15H22N2O3S.ClH/c1-11-6-7-17(13(8-11)10-16)15(18)12-4-3-5-14(9-12)21(2,19)20;/h3-5,9,11,13H,6-8,10,16H2,1-2H3;1H. The average Bonchev–Trinajstić information content (AvgIpc) is 2.45. The van der Waals surface area contributed by atoms with Crippen molar-refractivity contribution < 1.29 is 13.2 Å². The van der Waals surface area contributed by atoms with Gasteiger partial charge in [0.1, 0.15) is 0 Å². The number of likely N-dealkylation sites (tertiary alicyclic amines) is 1. The SMILES string of the molecule is CC1CCN(C(=O)c2cccc(S(C)(=O)=O)c2)C(CN)C1.Cl. The number of benzene rings is 1. The van der Waals surface area contributed by atoms with Crippen molar-refractivity contribution in [3.05, 3.63) is 29.8 Å². The van der Waals surface area contributed by atoms with Crippen LogP contribution in [0.4, 0.5) is 0 Å². The molecule has 7 heteroatoms. The molecule has 1 heterocycles. The Morgan fingerprint density at radius 3 is 2.68 bits per heavy atom. The Balaban J connectivity index is 0.00000242. The molecule has 0 spiro atoms. The fraction of sp³-hybridized carbons (Fsp3) is 0.533. The van der Waals surface area contributed by atoms with Crippen LogP contribution in [0.1, 0.15) is 30.1 Å². The van der Waals surface area contributed by atoms with Crippen molar-refractivity contribution in [1.29, 1.82) is 0 Å². The molecule has 2 rings (SSSR count). The monoisotopic (exact) mass is 346 g/mol. The number of hydrogen-bond acceptors (Lipinski definition) is 4. The highest BCUT2D eigenvalue weighted by atomic mass is 35.5. The first-order valence-corrected chi connectivity index (χ1v) is 9.03. The lowest BCUT2D eigenvalue weighted by atomic mass is 9.92. The molecule has 2 unspecified atom stereocenters.